The second-order valence-corrected chi connectivity index (χ2v) is 6.42. The van der Waals surface area contributed by atoms with E-state index in [4.69, 9.17) is 9.47 Å². The lowest BCUT2D eigenvalue weighted by Crippen LogP contribution is -2.48. The van der Waals surface area contributed by atoms with Crippen LogP contribution in [0, 0.1) is 0 Å². The molecule has 1 heterocycles. The molecular formula is C19H25NO3. The fourth-order valence-electron chi connectivity index (χ4n) is 3.29. The zero-order valence-electron chi connectivity index (χ0n) is 13.8. The van der Waals surface area contributed by atoms with E-state index in [1.807, 2.05) is 30.3 Å². The van der Waals surface area contributed by atoms with Crippen molar-refractivity contribution in [2.45, 2.75) is 32.2 Å². The van der Waals surface area contributed by atoms with Gasteiger partial charge in [0.25, 0.3) is 0 Å². The molecule has 1 aliphatic rings. The van der Waals surface area contributed by atoms with Gasteiger partial charge in [-0.3, -0.25) is 4.90 Å². The summed E-state index contributed by atoms with van der Waals surface area (Å²) in [7, 11) is 0. The maximum absolute atomic E-state index is 10.3. The average molecular weight is 315 g/mol. The molecule has 1 N–H and O–H groups in total. The minimum absolute atomic E-state index is 0.213. The molecule has 0 amide bonds. The first-order valence-corrected chi connectivity index (χ1v) is 8.28. The van der Waals surface area contributed by atoms with Crippen molar-refractivity contribution in [2.24, 2.45) is 0 Å². The van der Waals surface area contributed by atoms with E-state index in [-0.39, 0.29) is 12.2 Å². The van der Waals surface area contributed by atoms with E-state index in [9.17, 15) is 5.11 Å². The number of hydrogen-bond donors (Lipinski definition) is 1. The van der Waals surface area contributed by atoms with Crippen LogP contribution in [0.3, 0.4) is 0 Å². The Morgan fingerprint density at radius 2 is 1.83 bits per heavy atom. The van der Waals surface area contributed by atoms with Crippen LogP contribution in [0.2, 0.25) is 0 Å². The molecule has 0 spiro atoms. The first-order valence-electron chi connectivity index (χ1n) is 8.28. The minimum Gasteiger partial charge on any atom is -0.490 e. The standard InChI is InChI=1S/C19H25NO3/c1-14-10-20(11-15(2)23-14)12-17(21)13-22-19-9-5-7-16-6-3-4-8-18(16)19/h3-9,14-15,17,21H,10-13H2,1-2H3/t14-,15-,17+/m1/s1. The lowest BCUT2D eigenvalue weighted by Gasteiger charge is -2.36. The predicted octanol–water partition coefficient (Wildman–Crippen LogP) is 2.69. The highest BCUT2D eigenvalue weighted by molar-refractivity contribution is 5.88. The van der Waals surface area contributed by atoms with Crippen LogP contribution in [0.1, 0.15) is 13.8 Å². The Hall–Kier alpha value is -1.62. The Kier molecular flexibility index (Phi) is 5.16. The normalized spacial score (nSPS) is 23.8. The third-order valence-electron chi connectivity index (χ3n) is 4.15. The Labute approximate surface area is 137 Å². The monoisotopic (exact) mass is 315 g/mol. The molecule has 4 heteroatoms. The topological polar surface area (TPSA) is 41.9 Å². The summed E-state index contributed by atoms with van der Waals surface area (Å²) >= 11 is 0. The SMILES string of the molecule is C[C@@H]1CN(C[C@H](O)COc2cccc3ccccc23)C[C@@H](C)O1. The number of morpholine rings is 1. The summed E-state index contributed by atoms with van der Waals surface area (Å²) in [5, 5.41) is 12.5. The van der Waals surface area contributed by atoms with Gasteiger partial charge in [0.1, 0.15) is 18.5 Å². The summed E-state index contributed by atoms with van der Waals surface area (Å²) in [5.74, 6) is 0.825. The van der Waals surface area contributed by atoms with E-state index >= 15 is 0 Å². The van der Waals surface area contributed by atoms with Gasteiger partial charge in [0.2, 0.25) is 0 Å². The van der Waals surface area contributed by atoms with Crippen LogP contribution in [0.4, 0.5) is 0 Å². The molecule has 0 saturated carbocycles. The molecule has 2 aromatic rings. The summed E-state index contributed by atoms with van der Waals surface area (Å²) < 4.78 is 11.6. The molecule has 23 heavy (non-hydrogen) atoms. The van der Waals surface area contributed by atoms with Crippen LogP contribution >= 0.6 is 0 Å². The molecule has 3 rings (SSSR count). The second kappa shape index (κ2) is 7.30. The van der Waals surface area contributed by atoms with Gasteiger partial charge < -0.3 is 14.6 Å². The Bertz CT molecular complexity index is 630. The number of fused-ring (bicyclic) bond motifs is 1. The van der Waals surface area contributed by atoms with Crippen molar-refractivity contribution in [1.29, 1.82) is 0 Å². The van der Waals surface area contributed by atoms with Gasteiger partial charge in [0.05, 0.1) is 12.2 Å². The first-order chi connectivity index (χ1) is 11.1. The number of ether oxygens (including phenoxy) is 2. The molecule has 0 aromatic heterocycles. The molecule has 1 aliphatic heterocycles. The summed E-state index contributed by atoms with van der Waals surface area (Å²) in [6, 6.07) is 14.1. The molecule has 4 nitrogen and oxygen atoms in total. The smallest absolute Gasteiger partial charge is 0.127 e. The van der Waals surface area contributed by atoms with Crippen molar-refractivity contribution >= 4 is 10.8 Å². The number of rotatable bonds is 5. The molecule has 1 fully saturated rings. The van der Waals surface area contributed by atoms with E-state index in [0.29, 0.717) is 13.2 Å². The highest BCUT2D eigenvalue weighted by Crippen LogP contribution is 2.25. The van der Waals surface area contributed by atoms with Gasteiger partial charge in [-0.15, -0.1) is 0 Å². The molecular weight excluding hydrogens is 290 g/mol. The van der Waals surface area contributed by atoms with Crippen LogP contribution < -0.4 is 4.74 Å². The molecule has 0 bridgehead atoms. The molecule has 0 aliphatic carbocycles. The van der Waals surface area contributed by atoms with Crippen LogP contribution in [-0.4, -0.2) is 54.6 Å². The maximum Gasteiger partial charge on any atom is 0.127 e. The van der Waals surface area contributed by atoms with Gasteiger partial charge >= 0.3 is 0 Å². The third kappa shape index (κ3) is 4.22. The average Bonchev–Trinajstić information content (AvgIpc) is 2.52. The van der Waals surface area contributed by atoms with Gasteiger partial charge in [0, 0.05) is 25.0 Å². The van der Waals surface area contributed by atoms with Crippen LogP contribution in [0.15, 0.2) is 42.5 Å². The van der Waals surface area contributed by atoms with E-state index in [0.717, 1.165) is 29.6 Å². The van der Waals surface area contributed by atoms with E-state index in [1.165, 1.54) is 0 Å². The fourth-order valence-corrected chi connectivity index (χ4v) is 3.29. The minimum atomic E-state index is -0.508. The number of benzene rings is 2. The van der Waals surface area contributed by atoms with Gasteiger partial charge in [-0.25, -0.2) is 0 Å². The summed E-state index contributed by atoms with van der Waals surface area (Å²) in [4.78, 5) is 2.25. The largest absolute Gasteiger partial charge is 0.490 e. The van der Waals surface area contributed by atoms with Crippen molar-refractivity contribution < 1.29 is 14.6 Å². The molecule has 0 unspecified atom stereocenters. The first kappa shape index (κ1) is 16.2. The summed E-state index contributed by atoms with van der Waals surface area (Å²) in [6.07, 6.45) is -0.0821. The highest BCUT2D eigenvalue weighted by Gasteiger charge is 2.24. The van der Waals surface area contributed by atoms with E-state index in [2.05, 4.69) is 30.9 Å². The van der Waals surface area contributed by atoms with Crippen LogP contribution in [0.25, 0.3) is 10.8 Å². The Morgan fingerprint density at radius 3 is 2.61 bits per heavy atom. The fraction of sp³-hybridized carbons (Fsp3) is 0.474. The number of aliphatic hydroxyl groups is 1. The van der Waals surface area contributed by atoms with Crippen LogP contribution in [-0.2, 0) is 4.74 Å². The summed E-state index contributed by atoms with van der Waals surface area (Å²) in [6.45, 7) is 6.77. The second-order valence-electron chi connectivity index (χ2n) is 6.42. The molecule has 3 atom stereocenters. The Balaban J connectivity index is 1.57. The zero-order valence-corrected chi connectivity index (χ0v) is 13.8. The van der Waals surface area contributed by atoms with Crippen molar-refractivity contribution in [1.82, 2.24) is 4.90 Å². The summed E-state index contributed by atoms with van der Waals surface area (Å²) in [5.41, 5.74) is 0. The number of hydrogen-bond acceptors (Lipinski definition) is 4. The molecule has 1 saturated heterocycles. The third-order valence-corrected chi connectivity index (χ3v) is 4.15. The van der Waals surface area contributed by atoms with Crippen molar-refractivity contribution in [3.05, 3.63) is 42.5 Å². The van der Waals surface area contributed by atoms with Gasteiger partial charge in [0.15, 0.2) is 0 Å². The zero-order chi connectivity index (χ0) is 16.2. The van der Waals surface area contributed by atoms with E-state index < -0.39 is 6.10 Å². The lowest BCUT2D eigenvalue weighted by molar-refractivity contribution is -0.0786. The van der Waals surface area contributed by atoms with Crippen molar-refractivity contribution in [3.63, 3.8) is 0 Å². The van der Waals surface area contributed by atoms with Gasteiger partial charge in [-0.2, -0.15) is 0 Å². The van der Waals surface area contributed by atoms with Crippen LogP contribution in [0.5, 0.6) is 5.75 Å². The van der Waals surface area contributed by atoms with Gasteiger partial charge in [-0.05, 0) is 25.3 Å². The molecule has 2 aromatic carbocycles. The number of aliphatic hydroxyl groups excluding tert-OH is 1. The Morgan fingerprint density at radius 1 is 1.13 bits per heavy atom. The predicted molar refractivity (Wildman–Crippen MR) is 91.9 cm³/mol. The van der Waals surface area contributed by atoms with E-state index in [1.54, 1.807) is 0 Å². The van der Waals surface area contributed by atoms with Crippen molar-refractivity contribution in [3.8, 4) is 5.75 Å². The molecule has 124 valence electrons. The highest BCUT2D eigenvalue weighted by atomic mass is 16.5. The van der Waals surface area contributed by atoms with Gasteiger partial charge in [-0.1, -0.05) is 36.4 Å². The molecule has 0 radical (unpaired) electrons. The maximum atomic E-state index is 10.3. The quantitative estimate of drug-likeness (QED) is 0.921. The number of β-amino-alcohol motifs (C(OH)–C–C–N with tert-alkyl or cyclic N) is 1. The van der Waals surface area contributed by atoms with Crippen molar-refractivity contribution in [2.75, 3.05) is 26.2 Å². The lowest BCUT2D eigenvalue weighted by atomic mass is 10.1. The number of nitrogens with zero attached hydrogens (tertiary/aromatic N) is 1.